The van der Waals surface area contributed by atoms with Crippen LogP contribution in [0.2, 0.25) is 0 Å². The van der Waals surface area contributed by atoms with E-state index in [-0.39, 0.29) is 25.7 Å². The number of carbonyl (C=O) groups excluding carboxylic acids is 4. The summed E-state index contributed by atoms with van der Waals surface area (Å²) in [7, 11) is -9.93. The van der Waals surface area contributed by atoms with Crippen LogP contribution in [0.3, 0.4) is 0 Å². The highest BCUT2D eigenvalue weighted by Crippen LogP contribution is 2.45. The molecule has 0 aromatic rings. The van der Waals surface area contributed by atoms with Gasteiger partial charge in [0.2, 0.25) is 0 Å². The Hall–Kier alpha value is -1.94. The van der Waals surface area contributed by atoms with Crippen LogP contribution < -0.4 is 0 Å². The van der Waals surface area contributed by atoms with Crippen LogP contribution in [-0.4, -0.2) is 96.7 Å². The maximum atomic E-state index is 13.1. The van der Waals surface area contributed by atoms with Gasteiger partial charge in [0.25, 0.3) is 0 Å². The molecule has 0 aromatic carbocycles. The van der Waals surface area contributed by atoms with Gasteiger partial charge < -0.3 is 33.8 Å². The zero-order valence-electron chi connectivity index (χ0n) is 69.4. The fraction of sp³-hybridized carbons (Fsp3) is 0.953. The smallest absolute Gasteiger partial charge is 0.462 e. The van der Waals surface area contributed by atoms with E-state index in [2.05, 4.69) is 55.4 Å². The molecule has 0 aliphatic heterocycles. The van der Waals surface area contributed by atoms with Crippen molar-refractivity contribution in [2.45, 2.75) is 465 Å². The van der Waals surface area contributed by atoms with Crippen molar-refractivity contribution >= 4 is 39.5 Å². The van der Waals surface area contributed by atoms with Crippen molar-refractivity contribution in [2.24, 2.45) is 23.7 Å². The summed E-state index contributed by atoms with van der Waals surface area (Å²) >= 11 is 0. The maximum absolute atomic E-state index is 13.1. The Kier molecular flexibility index (Phi) is 73.4. The van der Waals surface area contributed by atoms with Crippen LogP contribution in [0.1, 0.15) is 447 Å². The molecule has 624 valence electrons. The molecule has 0 rings (SSSR count). The van der Waals surface area contributed by atoms with Crippen LogP contribution in [0.4, 0.5) is 0 Å². The Bertz CT molecular complexity index is 2040. The van der Waals surface area contributed by atoms with Gasteiger partial charge in [0.05, 0.1) is 26.4 Å². The lowest BCUT2D eigenvalue weighted by Crippen LogP contribution is -2.30. The Balaban J connectivity index is 5.24. The molecule has 17 nitrogen and oxygen atoms in total. The van der Waals surface area contributed by atoms with Crippen LogP contribution in [0.15, 0.2) is 0 Å². The number of aliphatic hydroxyl groups excluding tert-OH is 1. The van der Waals surface area contributed by atoms with E-state index in [0.29, 0.717) is 31.6 Å². The molecule has 0 heterocycles. The number of aliphatic hydroxyl groups is 1. The minimum atomic E-state index is -4.97. The minimum absolute atomic E-state index is 0.107. The van der Waals surface area contributed by atoms with Crippen molar-refractivity contribution in [3.05, 3.63) is 0 Å². The Labute approximate surface area is 645 Å². The van der Waals surface area contributed by atoms with Gasteiger partial charge in [-0.15, -0.1) is 0 Å². The van der Waals surface area contributed by atoms with Crippen LogP contribution in [-0.2, 0) is 65.4 Å². The van der Waals surface area contributed by atoms with E-state index in [4.69, 9.17) is 37.0 Å². The van der Waals surface area contributed by atoms with E-state index >= 15 is 0 Å². The number of carbonyl (C=O) groups is 4. The van der Waals surface area contributed by atoms with Gasteiger partial charge in [0.15, 0.2) is 12.2 Å². The third-order valence-corrected chi connectivity index (χ3v) is 22.3. The molecule has 105 heavy (non-hydrogen) atoms. The summed E-state index contributed by atoms with van der Waals surface area (Å²) in [6.07, 6.45) is 63.9. The highest BCUT2D eigenvalue weighted by Gasteiger charge is 2.31. The number of phosphoric acid groups is 2. The van der Waals surface area contributed by atoms with Crippen LogP contribution in [0.5, 0.6) is 0 Å². The van der Waals surface area contributed by atoms with Gasteiger partial charge in [0, 0.05) is 25.7 Å². The first-order valence-corrected chi connectivity index (χ1v) is 47.2. The van der Waals surface area contributed by atoms with Gasteiger partial charge >= 0.3 is 39.5 Å². The lowest BCUT2D eigenvalue weighted by molar-refractivity contribution is -0.161. The van der Waals surface area contributed by atoms with Crippen molar-refractivity contribution in [2.75, 3.05) is 39.6 Å². The molecule has 0 amide bonds. The lowest BCUT2D eigenvalue weighted by Gasteiger charge is -2.21. The van der Waals surface area contributed by atoms with Gasteiger partial charge in [-0.05, 0) is 49.4 Å². The normalized spacial score (nSPS) is 14.2. The average Bonchev–Trinajstić information content (AvgIpc) is 0.913. The Morgan fingerprint density at radius 1 is 0.267 bits per heavy atom. The second-order valence-corrected chi connectivity index (χ2v) is 35.5. The molecule has 19 heteroatoms. The van der Waals surface area contributed by atoms with Crippen LogP contribution >= 0.6 is 15.6 Å². The molecule has 0 aliphatic rings. The second kappa shape index (κ2) is 74.8. The topological polar surface area (TPSA) is 237 Å². The lowest BCUT2D eigenvalue weighted by atomic mass is 9.99. The average molecular weight is 1540 g/mol. The molecule has 0 saturated heterocycles. The molecule has 0 fully saturated rings. The predicted molar refractivity (Wildman–Crippen MR) is 432 cm³/mol. The maximum Gasteiger partial charge on any atom is 0.472 e. The molecule has 4 unspecified atom stereocenters. The van der Waals surface area contributed by atoms with E-state index in [1.807, 2.05) is 0 Å². The summed E-state index contributed by atoms with van der Waals surface area (Å²) in [4.78, 5) is 73.2. The molecule has 6 atom stereocenters. The van der Waals surface area contributed by atoms with Crippen molar-refractivity contribution in [1.29, 1.82) is 0 Å². The Morgan fingerprint density at radius 2 is 0.457 bits per heavy atom. The summed E-state index contributed by atoms with van der Waals surface area (Å²) in [6.45, 7) is 14.3. The van der Waals surface area contributed by atoms with Crippen molar-refractivity contribution in [1.82, 2.24) is 0 Å². The van der Waals surface area contributed by atoms with E-state index in [9.17, 15) is 43.2 Å². The molecule has 3 N–H and O–H groups in total. The third kappa shape index (κ3) is 78.5. The fourth-order valence-corrected chi connectivity index (χ4v) is 14.9. The fourth-order valence-electron chi connectivity index (χ4n) is 13.3. The van der Waals surface area contributed by atoms with E-state index in [1.54, 1.807) is 0 Å². The highest BCUT2D eigenvalue weighted by atomic mass is 31.2. The van der Waals surface area contributed by atoms with Gasteiger partial charge in [-0.3, -0.25) is 37.3 Å². The largest absolute Gasteiger partial charge is 0.472 e. The summed E-state index contributed by atoms with van der Waals surface area (Å²) in [5, 5.41) is 10.7. The van der Waals surface area contributed by atoms with Gasteiger partial charge in [0.1, 0.15) is 19.3 Å². The quantitative estimate of drug-likeness (QED) is 0.0222. The summed E-state index contributed by atoms with van der Waals surface area (Å²) in [5.41, 5.74) is 0. The summed E-state index contributed by atoms with van der Waals surface area (Å²) in [6, 6.07) is 0. The van der Waals surface area contributed by atoms with Crippen molar-refractivity contribution in [3.63, 3.8) is 0 Å². The second-order valence-electron chi connectivity index (χ2n) is 32.6. The van der Waals surface area contributed by atoms with Gasteiger partial charge in [-0.2, -0.15) is 0 Å². The molecule has 0 saturated carbocycles. The summed E-state index contributed by atoms with van der Waals surface area (Å²) < 4.78 is 68.9. The first kappa shape index (κ1) is 103. The van der Waals surface area contributed by atoms with E-state index < -0.39 is 97.5 Å². The molecule has 0 spiro atoms. The first-order valence-electron chi connectivity index (χ1n) is 44.2. The number of phosphoric ester groups is 2. The van der Waals surface area contributed by atoms with Crippen LogP contribution in [0, 0.1) is 23.7 Å². The molecule has 0 radical (unpaired) electrons. The number of unbranched alkanes of at least 4 members (excludes halogenated alkanes) is 48. The molecule has 0 aromatic heterocycles. The summed E-state index contributed by atoms with van der Waals surface area (Å²) in [5.74, 6) is 1.06. The van der Waals surface area contributed by atoms with Crippen molar-refractivity contribution < 1.29 is 80.2 Å². The SMILES string of the molecule is CCC(C)CCCCCCCCCCCCCCCCC(=O)O[C@H](COC(=O)CCCCCCCCCCCCCCCCCC(C)C)COP(=O)(O)OCC(O)COP(=O)(O)OC[C@@H](COC(=O)CCCCCCCCCC(C)C)OC(=O)CCCCCCCCCCCCCCCCCCC(C)C. The van der Waals surface area contributed by atoms with Gasteiger partial charge in [-0.25, -0.2) is 9.13 Å². The number of hydrogen-bond donors (Lipinski definition) is 3. The van der Waals surface area contributed by atoms with Crippen LogP contribution in [0.25, 0.3) is 0 Å². The molecular weight excluding hydrogens is 1370 g/mol. The highest BCUT2D eigenvalue weighted by molar-refractivity contribution is 7.47. The monoisotopic (exact) mass is 1540 g/mol. The van der Waals surface area contributed by atoms with Gasteiger partial charge in [-0.1, -0.05) is 396 Å². The standard InChI is InChI=1S/C86H168O17P2/c1-9-79(8)65-57-49-41-33-27-21-17-18-24-30-36-44-53-61-69-85(90)102-81(72-96-83(88)66-58-50-42-34-28-22-16-12-14-20-26-32-39-47-55-63-77(4)5)74-100-104(92,93)98-70-80(87)71-99-105(94,95)101-75-82(73-97-84(89)67-59-51-45-37-40-48-56-64-78(6)7)103-86(91)68-60-52-43-35-29-23-15-11-10-13-19-25-31-38-46-54-62-76(2)3/h76-82,87H,9-75H2,1-8H3,(H,92,93)(H,94,95)/t79?,80?,81-,82-/m1/s1. The molecule has 0 aliphatic carbocycles. The minimum Gasteiger partial charge on any atom is -0.462 e. The Morgan fingerprint density at radius 3 is 0.676 bits per heavy atom. The molecule has 0 bridgehead atoms. The third-order valence-electron chi connectivity index (χ3n) is 20.4. The zero-order chi connectivity index (χ0) is 77.4. The number of rotatable bonds is 83. The first-order chi connectivity index (χ1) is 50.6. The van der Waals surface area contributed by atoms with E-state index in [1.165, 1.54) is 244 Å². The predicted octanol–water partition coefficient (Wildman–Crippen LogP) is 25.9. The molecular formula is C86H168O17P2. The number of ether oxygens (including phenoxy) is 4. The number of esters is 4. The van der Waals surface area contributed by atoms with E-state index in [0.717, 1.165) is 114 Å². The zero-order valence-corrected chi connectivity index (χ0v) is 71.2. The number of hydrogen-bond acceptors (Lipinski definition) is 15. The van der Waals surface area contributed by atoms with Crippen molar-refractivity contribution in [3.8, 4) is 0 Å².